The molecule has 4 nitrogen and oxygen atoms in total. The van der Waals surface area contributed by atoms with Gasteiger partial charge in [-0.15, -0.1) is 0 Å². The molecule has 2 aromatic carbocycles. The van der Waals surface area contributed by atoms with Crippen molar-refractivity contribution < 1.29 is 18.7 Å². The van der Waals surface area contributed by atoms with Crippen LogP contribution in [0.15, 0.2) is 42.5 Å². The highest BCUT2D eigenvalue weighted by atomic mass is 19.1. The molecule has 1 aliphatic rings. The average Bonchev–Trinajstić information content (AvgIpc) is 2.96. The number of hydrogen-bond donors (Lipinski definition) is 0. The molecule has 0 radical (unpaired) electrons. The maximum atomic E-state index is 13.1. The summed E-state index contributed by atoms with van der Waals surface area (Å²) < 4.78 is 23.7. The van der Waals surface area contributed by atoms with Crippen LogP contribution in [0, 0.1) is 5.82 Å². The highest BCUT2D eigenvalue weighted by molar-refractivity contribution is 5.78. The molecule has 1 aliphatic heterocycles. The van der Waals surface area contributed by atoms with Crippen LogP contribution < -0.4 is 9.47 Å². The van der Waals surface area contributed by atoms with E-state index in [1.807, 2.05) is 23.1 Å². The lowest BCUT2D eigenvalue weighted by molar-refractivity contribution is -0.129. The Morgan fingerprint density at radius 1 is 1.04 bits per heavy atom. The Balaban J connectivity index is 1.74. The molecule has 132 valence electrons. The van der Waals surface area contributed by atoms with E-state index in [4.69, 9.17) is 9.47 Å². The summed E-state index contributed by atoms with van der Waals surface area (Å²) in [7, 11) is 3.22. The fourth-order valence-electron chi connectivity index (χ4n) is 3.29. The SMILES string of the molecule is COc1ccc(CC2CCC(=O)N2Cc2ccc(F)cc2)cc1OC. The van der Waals surface area contributed by atoms with E-state index < -0.39 is 0 Å². The lowest BCUT2D eigenvalue weighted by atomic mass is 10.0. The summed E-state index contributed by atoms with van der Waals surface area (Å²) in [5, 5.41) is 0. The Hall–Kier alpha value is -2.56. The fourth-order valence-corrected chi connectivity index (χ4v) is 3.29. The van der Waals surface area contributed by atoms with E-state index in [0.717, 1.165) is 24.0 Å². The largest absolute Gasteiger partial charge is 0.493 e. The monoisotopic (exact) mass is 343 g/mol. The van der Waals surface area contributed by atoms with Crippen molar-refractivity contribution in [3.8, 4) is 11.5 Å². The van der Waals surface area contributed by atoms with Crippen LogP contribution in [0.3, 0.4) is 0 Å². The third-order valence-electron chi connectivity index (χ3n) is 4.64. The number of methoxy groups -OCH3 is 2. The summed E-state index contributed by atoms with van der Waals surface area (Å²) in [5.74, 6) is 1.26. The standard InChI is InChI=1S/C20H22FNO3/c1-24-18-9-5-15(12-19(18)25-2)11-17-8-10-20(23)22(17)13-14-3-6-16(21)7-4-14/h3-7,9,12,17H,8,10-11,13H2,1-2H3. The molecular formula is C20H22FNO3. The minimum Gasteiger partial charge on any atom is -0.493 e. The van der Waals surface area contributed by atoms with Crippen LogP contribution in [0.2, 0.25) is 0 Å². The van der Waals surface area contributed by atoms with Gasteiger partial charge >= 0.3 is 0 Å². The Labute approximate surface area is 147 Å². The topological polar surface area (TPSA) is 38.8 Å². The van der Waals surface area contributed by atoms with Crippen molar-refractivity contribution in [2.45, 2.75) is 31.8 Å². The van der Waals surface area contributed by atoms with Gasteiger partial charge in [0.15, 0.2) is 11.5 Å². The quantitative estimate of drug-likeness (QED) is 0.805. The summed E-state index contributed by atoms with van der Waals surface area (Å²) in [5.41, 5.74) is 2.04. The van der Waals surface area contributed by atoms with Gasteiger partial charge in [-0.05, 0) is 48.2 Å². The zero-order chi connectivity index (χ0) is 17.8. The fraction of sp³-hybridized carbons (Fsp3) is 0.350. The number of carbonyl (C=O) groups excluding carboxylic acids is 1. The number of halogens is 1. The van der Waals surface area contributed by atoms with Gasteiger partial charge in [-0.25, -0.2) is 4.39 Å². The van der Waals surface area contributed by atoms with Gasteiger partial charge in [-0.1, -0.05) is 18.2 Å². The maximum Gasteiger partial charge on any atom is 0.223 e. The lowest BCUT2D eigenvalue weighted by Gasteiger charge is -2.25. The molecule has 3 rings (SSSR count). The van der Waals surface area contributed by atoms with Gasteiger partial charge in [0, 0.05) is 19.0 Å². The lowest BCUT2D eigenvalue weighted by Crippen LogP contribution is -2.33. The molecule has 25 heavy (non-hydrogen) atoms. The minimum atomic E-state index is -0.265. The maximum absolute atomic E-state index is 13.1. The van der Waals surface area contributed by atoms with Crippen LogP contribution in [0.4, 0.5) is 4.39 Å². The van der Waals surface area contributed by atoms with Crippen molar-refractivity contribution in [2.24, 2.45) is 0 Å². The molecule has 5 heteroatoms. The van der Waals surface area contributed by atoms with Crippen molar-refractivity contribution in [3.63, 3.8) is 0 Å². The molecule has 0 bridgehead atoms. The van der Waals surface area contributed by atoms with Crippen molar-refractivity contribution in [1.29, 1.82) is 0 Å². The summed E-state index contributed by atoms with van der Waals surface area (Å²) in [6.07, 6.45) is 2.14. The third kappa shape index (κ3) is 3.92. The molecule has 0 spiro atoms. The zero-order valence-corrected chi connectivity index (χ0v) is 14.5. The molecule has 1 atom stereocenters. The highest BCUT2D eigenvalue weighted by Gasteiger charge is 2.31. The number of amides is 1. The summed E-state index contributed by atoms with van der Waals surface area (Å²) in [6.45, 7) is 0.511. The predicted molar refractivity (Wildman–Crippen MR) is 93.2 cm³/mol. The first kappa shape index (κ1) is 17.3. The van der Waals surface area contributed by atoms with Crippen LogP contribution in [-0.2, 0) is 17.8 Å². The van der Waals surface area contributed by atoms with Gasteiger partial charge in [0.25, 0.3) is 0 Å². The second-order valence-electron chi connectivity index (χ2n) is 6.23. The molecule has 1 unspecified atom stereocenters. The molecule has 1 saturated heterocycles. The normalized spacial score (nSPS) is 17.0. The van der Waals surface area contributed by atoms with Crippen molar-refractivity contribution in [2.75, 3.05) is 14.2 Å². The molecule has 2 aromatic rings. The van der Waals surface area contributed by atoms with E-state index in [0.29, 0.717) is 24.5 Å². The number of ether oxygens (including phenoxy) is 2. The van der Waals surface area contributed by atoms with Gasteiger partial charge < -0.3 is 14.4 Å². The molecule has 0 N–H and O–H groups in total. The van der Waals surface area contributed by atoms with Crippen LogP contribution in [-0.4, -0.2) is 31.1 Å². The average molecular weight is 343 g/mol. The number of nitrogens with zero attached hydrogens (tertiary/aromatic N) is 1. The number of likely N-dealkylation sites (tertiary alicyclic amines) is 1. The number of benzene rings is 2. The number of rotatable bonds is 6. The first-order chi connectivity index (χ1) is 12.1. The highest BCUT2D eigenvalue weighted by Crippen LogP contribution is 2.30. The van der Waals surface area contributed by atoms with Crippen molar-refractivity contribution in [3.05, 3.63) is 59.4 Å². The molecule has 1 fully saturated rings. The van der Waals surface area contributed by atoms with E-state index in [2.05, 4.69) is 0 Å². The van der Waals surface area contributed by atoms with Gasteiger partial charge in [0.1, 0.15) is 5.82 Å². The van der Waals surface area contributed by atoms with Crippen LogP contribution in [0.5, 0.6) is 11.5 Å². The number of carbonyl (C=O) groups is 1. The molecule has 0 aliphatic carbocycles. The summed E-state index contributed by atoms with van der Waals surface area (Å²) in [4.78, 5) is 14.2. The Bertz CT molecular complexity index is 745. The van der Waals surface area contributed by atoms with E-state index in [1.165, 1.54) is 12.1 Å². The smallest absolute Gasteiger partial charge is 0.223 e. The predicted octanol–water partition coefficient (Wildman–Crippen LogP) is 3.58. The van der Waals surface area contributed by atoms with Crippen LogP contribution >= 0.6 is 0 Å². The van der Waals surface area contributed by atoms with Crippen molar-refractivity contribution >= 4 is 5.91 Å². The number of hydrogen-bond acceptors (Lipinski definition) is 3. The summed E-state index contributed by atoms with van der Waals surface area (Å²) in [6, 6.07) is 12.3. The first-order valence-electron chi connectivity index (χ1n) is 8.35. The third-order valence-corrected chi connectivity index (χ3v) is 4.64. The molecule has 0 aromatic heterocycles. The Morgan fingerprint density at radius 2 is 1.72 bits per heavy atom. The van der Waals surface area contributed by atoms with Crippen LogP contribution in [0.25, 0.3) is 0 Å². The van der Waals surface area contributed by atoms with Gasteiger partial charge in [0.2, 0.25) is 5.91 Å². The van der Waals surface area contributed by atoms with Crippen LogP contribution in [0.1, 0.15) is 24.0 Å². The van der Waals surface area contributed by atoms with Gasteiger partial charge in [-0.3, -0.25) is 4.79 Å². The second kappa shape index (κ2) is 7.55. The van der Waals surface area contributed by atoms with E-state index >= 15 is 0 Å². The molecule has 1 amide bonds. The second-order valence-corrected chi connectivity index (χ2v) is 6.23. The molecular weight excluding hydrogens is 321 g/mol. The zero-order valence-electron chi connectivity index (χ0n) is 14.5. The van der Waals surface area contributed by atoms with Gasteiger partial charge in [-0.2, -0.15) is 0 Å². The summed E-state index contributed by atoms with van der Waals surface area (Å²) >= 11 is 0. The first-order valence-corrected chi connectivity index (χ1v) is 8.35. The molecule has 0 saturated carbocycles. The minimum absolute atomic E-state index is 0.135. The Kier molecular flexibility index (Phi) is 5.22. The van der Waals surface area contributed by atoms with Gasteiger partial charge in [0.05, 0.1) is 14.2 Å². The van der Waals surface area contributed by atoms with E-state index in [9.17, 15) is 9.18 Å². The van der Waals surface area contributed by atoms with E-state index in [-0.39, 0.29) is 17.8 Å². The van der Waals surface area contributed by atoms with E-state index in [1.54, 1.807) is 26.4 Å². The molecule has 1 heterocycles. The van der Waals surface area contributed by atoms with Crippen molar-refractivity contribution in [1.82, 2.24) is 4.90 Å². The Morgan fingerprint density at radius 3 is 2.40 bits per heavy atom.